The van der Waals surface area contributed by atoms with E-state index in [-0.39, 0.29) is 11.5 Å². The Hall–Kier alpha value is -2.90. The minimum Gasteiger partial charge on any atom is -0.341 e. The molecule has 98 valence electrons. The highest BCUT2D eigenvalue weighted by molar-refractivity contribution is 5.62. The molecule has 0 radical (unpaired) electrons. The van der Waals surface area contributed by atoms with Gasteiger partial charge in [0.15, 0.2) is 0 Å². The molecule has 3 N–H and O–H groups in total. The third-order valence-corrected chi connectivity index (χ3v) is 2.45. The zero-order chi connectivity index (χ0) is 14.0. The number of aromatic amines is 2. The molecule has 1 aromatic carbocycles. The predicted octanol–water partition coefficient (Wildman–Crippen LogP) is 1.02. The lowest BCUT2D eigenvalue weighted by atomic mass is 10.2. The number of nitro groups is 1. The Morgan fingerprint density at radius 3 is 2.53 bits per heavy atom. The summed E-state index contributed by atoms with van der Waals surface area (Å²) in [6.45, 7) is 1.68. The highest BCUT2D eigenvalue weighted by atomic mass is 16.6. The predicted molar refractivity (Wildman–Crippen MR) is 68.8 cm³/mol. The number of hydrogen-bond acceptors (Lipinski definition) is 5. The molecule has 0 aliphatic carbocycles. The van der Waals surface area contributed by atoms with Gasteiger partial charge in [0.1, 0.15) is 5.82 Å². The van der Waals surface area contributed by atoms with Crippen LogP contribution in [-0.2, 0) is 0 Å². The molecule has 0 spiro atoms. The van der Waals surface area contributed by atoms with E-state index >= 15 is 0 Å². The average Bonchev–Trinajstić information content (AvgIpc) is 2.30. The summed E-state index contributed by atoms with van der Waals surface area (Å²) in [5.41, 5.74) is -0.00925. The molecular formula is C11H10N4O4. The third-order valence-electron chi connectivity index (χ3n) is 2.45. The molecule has 0 saturated carbocycles. The Morgan fingerprint density at radius 2 is 1.95 bits per heavy atom. The molecule has 0 unspecified atom stereocenters. The maximum absolute atomic E-state index is 11.1. The zero-order valence-electron chi connectivity index (χ0n) is 9.89. The fraction of sp³-hybridized carbons (Fsp3) is 0.0909. The van der Waals surface area contributed by atoms with Crippen molar-refractivity contribution in [3.05, 3.63) is 60.8 Å². The Labute approximate surface area is 106 Å². The molecule has 0 aliphatic rings. The van der Waals surface area contributed by atoms with Crippen LogP contribution in [0.3, 0.4) is 0 Å². The van der Waals surface area contributed by atoms with Crippen LogP contribution < -0.4 is 16.6 Å². The first kappa shape index (κ1) is 12.6. The number of aromatic nitrogens is 2. The van der Waals surface area contributed by atoms with E-state index in [0.717, 1.165) is 0 Å². The lowest BCUT2D eigenvalue weighted by molar-refractivity contribution is -0.384. The van der Waals surface area contributed by atoms with Crippen LogP contribution in [0.25, 0.3) is 0 Å². The Morgan fingerprint density at radius 1 is 1.21 bits per heavy atom. The molecular weight excluding hydrogens is 252 g/mol. The van der Waals surface area contributed by atoms with Gasteiger partial charge >= 0.3 is 5.69 Å². The van der Waals surface area contributed by atoms with Crippen LogP contribution in [0.1, 0.15) is 5.56 Å². The minimum absolute atomic E-state index is 0.0255. The molecule has 0 fully saturated rings. The summed E-state index contributed by atoms with van der Waals surface area (Å²) in [5.74, 6) is 0.214. The van der Waals surface area contributed by atoms with Crippen molar-refractivity contribution in [1.29, 1.82) is 0 Å². The summed E-state index contributed by atoms with van der Waals surface area (Å²) < 4.78 is 0. The maximum Gasteiger partial charge on any atom is 0.327 e. The molecule has 0 atom stereocenters. The van der Waals surface area contributed by atoms with Crippen LogP contribution in [0.2, 0.25) is 0 Å². The van der Waals surface area contributed by atoms with Gasteiger partial charge in [0.05, 0.1) is 4.92 Å². The number of hydrogen-bond donors (Lipinski definition) is 3. The fourth-order valence-corrected chi connectivity index (χ4v) is 1.58. The van der Waals surface area contributed by atoms with Crippen LogP contribution in [0.5, 0.6) is 0 Å². The summed E-state index contributed by atoms with van der Waals surface area (Å²) in [7, 11) is 0. The van der Waals surface area contributed by atoms with E-state index in [9.17, 15) is 19.7 Å². The lowest BCUT2D eigenvalue weighted by Crippen LogP contribution is -2.22. The number of H-pyrrole nitrogens is 2. The van der Waals surface area contributed by atoms with Crippen LogP contribution in [0, 0.1) is 17.0 Å². The van der Waals surface area contributed by atoms with Gasteiger partial charge in [0, 0.05) is 23.9 Å². The molecule has 0 bridgehead atoms. The van der Waals surface area contributed by atoms with Crippen molar-refractivity contribution in [2.24, 2.45) is 0 Å². The van der Waals surface area contributed by atoms with E-state index in [1.807, 2.05) is 4.98 Å². The highest BCUT2D eigenvalue weighted by Gasteiger charge is 2.08. The SMILES string of the molecule is Cc1cc([N+](=O)[O-])ccc1Nc1cc(=O)[nH]c(=O)[nH]1. The Kier molecular flexibility index (Phi) is 3.15. The smallest absolute Gasteiger partial charge is 0.327 e. The molecule has 19 heavy (non-hydrogen) atoms. The van der Waals surface area contributed by atoms with Gasteiger partial charge in [-0.1, -0.05) is 0 Å². The molecule has 0 amide bonds. The van der Waals surface area contributed by atoms with E-state index in [2.05, 4.69) is 10.3 Å². The first-order valence-electron chi connectivity index (χ1n) is 5.31. The van der Waals surface area contributed by atoms with Crippen molar-refractivity contribution in [2.75, 3.05) is 5.32 Å². The molecule has 0 aliphatic heterocycles. The lowest BCUT2D eigenvalue weighted by Gasteiger charge is -2.08. The van der Waals surface area contributed by atoms with Crippen LogP contribution >= 0.6 is 0 Å². The zero-order valence-corrected chi connectivity index (χ0v) is 9.89. The van der Waals surface area contributed by atoms with Gasteiger partial charge in [-0.05, 0) is 18.6 Å². The second-order valence-corrected chi connectivity index (χ2v) is 3.88. The van der Waals surface area contributed by atoms with Gasteiger partial charge in [-0.2, -0.15) is 0 Å². The summed E-state index contributed by atoms with van der Waals surface area (Å²) in [6, 6.07) is 5.42. The first-order valence-corrected chi connectivity index (χ1v) is 5.31. The first-order chi connectivity index (χ1) is 8.95. The third kappa shape index (κ3) is 2.86. The van der Waals surface area contributed by atoms with Crippen LogP contribution in [0.4, 0.5) is 17.2 Å². The van der Waals surface area contributed by atoms with E-state index in [4.69, 9.17) is 0 Å². The number of rotatable bonds is 3. The van der Waals surface area contributed by atoms with Crippen molar-refractivity contribution in [2.45, 2.75) is 6.92 Å². The summed E-state index contributed by atoms with van der Waals surface area (Å²) >= 11 is 0. The number of nitrogens with one attached hydrogen (secondary N) is 3. The molecule has 0 saturated heterocycles. The van der Waals surface area contributed by atoms with E-state index in [1.165, 1.54) is 24.3 Å². The number of non-ortho nitro benzene ring substituents is 1. The minimum atomic E-state index is -0.630. The van der Waals surface area contributed by atoms with Crippen molar-refractivity contribution < 1.29 is 4.92 Å². The summed E-state index contributed by atoms with van der Waals surface area (Å²) in [4.78, 5) is 36.8. The highest BCUT2D eigenvalue weighted by Crippen LogP contribution is 2.22. The number of benzene rings is 1. The second kappa shape index (κ2) is 4.77. The average molecular weight is 262 g/mol. The van der Waals surface area contributed by atoms with Gasteiger partial charge in [0.2, 0.25) is 0 Å². The standard InChI is InChI=1S/C11H10N4O4/c1-6-4-7(15(18)19)2-3-8(6)12-9-5-10(16)14-11(17)13-9/h2-5H,1H3,(H3,12,13,14,16,17). The maximum atomic E-state index is 11.1. The normalized spacial score (nSPS) is 10.2. The van der Waals surface area contributed by atoms with Crippen molar-refractivity contribution >= 4 is 17.2 Å². The Balaban J connectivity index is 2.36. The van der Waals surface area contributed by atoms with Crippen molar-refractivity contribution in [3.8, 4) is 0 Å². The van der Waals surface area contributed by atoms with Gasteiger partial charge in [-0.3, -0.25) is 24.9 Å². The van der Waals surface area contributed by atoms with E-state index in [0.29, 0.717) is 11.3 Å². The van der Waals surface area contributed by atoms with Gasteiger partial charge in [0.25, 0.3) is 11.2 Å². The van der Waals surface area contributed by atoms with Crippen molar-refractivity contribution in [3.63, 3.8) is 0 Å². The molecule has 1 aromatic heterocycles. The van der Waals surface area contributed by atoms with Crippen LogP contribution in [0.15, 0.2) is 33.9 Å². The monoisotopic (exact) mass is 262 g/mol. The molecule has 8 heteroatoms. The van der Waals surface area contributed by atoms with Crippen molar-refractivity contribution in [1.82, 2.24) is 9.97 Å². The molecule has 1 heterocycles. The number of nitro benzene ring substituents is 1. The van der Waals surface area contributed by atoms with E-state index < -0.39 is 16.2 Å². The quantitative estimate of drug-likeness (QED) is 0.563. The topological polar surface area (TPSA) is 121 Å². The molecule has 2 rings (SSSR count). The second-order valence-electron chi connectivity index (χ2n) is 3.88. The van der Waals surface area contributed by atoms with Crippen LogP contribution in [-0.4, -0.2) is 14.9 Å². The number of nitrogens with zero attached hydrogens (tertiary/aromatic N) is 1. The largest absolute Gasteiger partial charge is 0.341 e. The summed E-state index contributed by atoms with van der Waals surface area (Å²) in [5, 5.41) is 13.4. The fourth-order valence-electron chi connectivity index (χ4n) is 1.58. The molecule has 8 nitrogen and oxygen atoms in total. The van der Waals surface area contributed by atoms with Gasteiger partial charge in [-0.15, -0.1) is 0 Å². The van der Waals surface area contributed by atoms with Gasteiger partial charge < -0.3 is 5.32 Å². The summed E-state index contributed by atoms with van der Waals surface area (Å²) in [6.07, 6.45) is 0. The molecule has 2 aromatic rings. The number of aryl methyl sites for hydroxylation is 1. The van der Waals surface area contributed by atoms with Gasteiger partial charge in [-0.25, -0.2) is 4.79 Å². The van der Waals surface area contributed by atoms with E-state index in [1.54, 1.807) is 6.92 Å². The Bertz CT molecular complexity index is 719. The number of anilines is 2.